The highest BCUT2D eigenvalue weighted by Crippen LogP contribution is 2.01. The third-order valence-corrected chi connectivity index (χ3v) is 1.54. The number of carboxylic acid groups (broad SMARTS) is 1. The fraction of sp³-hybridized carbons (Fsp3) is 0.625. The van der Waals surface area contributed by atoms with Crippen molar-refractivity contribution in [3.8, 4) is 0 Å². The third kappa shape index (κ3) is 2.85. The summed E-state index contributed by atoms with van der Waals surface area (Å²) in [5, 5.41) is 12.5. The van der Waals surface area contributed by atoms with E-state index in [1.54, 1.807) is 4.68 Å². The topological polar surface area (TPSA) is 68.0 Å². The van der Waals surface area contributed by atoms with Gasteiger partial charge >= 0.3 is 5.97 Å². The van der Waals surface area contributed by atoms with E-state index in [1.165, 1.54) is 6.33 Å². The van der Waals surface area contributed by atoms with Crippen molar-refractivity contribution in [1.82, 2.24) is 14.8 Å². The number of nitrogens with zero attached hydrogens (tertiary/aromatic N) is 3. The number of hydrogen-bond donors (Lipinski definition) is 1. The summed E-state index contributed by atoms with van der Waals surface area (Å²) in [7, 11) is 0. The molecule has 0 amide bonds. The molecule has 1 aromatic rings. The maximum Gasteiger partial charge on any atom is 0.311 e. The summed E-state index contributed by atoms with van der Waals surface area (Å²) in [6, 6.07) is 0. The van der Waals surface area contributed by atoms with Crippen molar-refractivity contribution in [1.29, 1.82) is 0 Å². The van der Waals surface area contributed by atoms with Crippen molar-refractivity contribution in [3.05, 3.63) is 12.2 Å². The molecule has 0 bridgehead atoms. The van der Waals surface area contributed by atoms with E-state index in [-0.39, 0.29) is 6.42 Å². The molecule has 0 aliphatic carbocycles. The highest BCUT2D eigenvalue weighted by molar-refractivity contribution is 5.68. The number of rotatable bonds is 4. The molecule has 0 saturated heterocycles. The van der Waals surface area contributed by atoms with E-state index < -0.39 is 5.97 Å². The minimum atomic E-state index is -0.877. The van der Waals surface area contributed by atoms with Crippen LogP contribution in [0.15, 0.2) is 6.33 Å². The van der Waals surface area contributed by atoms with E-state index in [1.807, 2.05) is 13.8 Å². The first-order valence-corrected chi connectivity index (χ1v) is 4.18. The van der Waals surface area contributed by atoms with Crippen molar-refractivity contribution >= 4 is 5.97 Å². The molecule has 0 aliphatic rings. The van der Waals surface area contributed by atoms with E-state index in [2.05, 4.69) is 10.1 Å². The number of carbonyl (C=O) groups is 1. The average Bonchev–Trinajstić information content (AvgIpc) is 2.34. The highest BCUT2D eigenvalue weighted by atomic mass is 16.4. The molecule has 13 heavy (non-hydrogen) atoms. The van der Waals surface area contributed by atoms with Crippen molar-refractivity contribution < 1.29 is 9.90 Å². The number of aliphatic carboxylic acids is 1. The lowest BCUT2D eigenvalue weighted by atomic mass is 10.2. The summed E-state index contributed by atoms with van der Waals surface area (Å²) < 4.78 is 1.64. The molecule has 1 heterocycles. The lowest BCUT2D eigenvalue weighted by molar-refractivity contribution is -0.136. The number of carboxylic acids is 1. The minimum absolute atomic E-state index is 0.0628. The van der Waals surface area contributed by atoms with Crippen LogP contribution in [0.1, 0.15) is 19.7 Å². The van der Waals surface area contributed by atoms with Gasteiger partial charge in [0.25, 0.3) is 0 Å². The number of hydrogen-bond acceptors (Lipinski definition) is 3. The van der Waals surface area contributed by atoms with Crippen LogP contribution in [0.5, 0.6) is 0 Å². The molecule has 0 fully saturated rings. The normalized spacial score (nSPS) is 10.7. The Kier molecular flexibility index (Phi) is 3.00. The molecular formula is C8H13N3O2. The van der Waals surface area contributed by atoms with E-state index >= 15 is 0 Å². The van der Waals surface area contributed by atoms with Crippen LogP contribution >= 0.6 is 0 Å². The van der Waals surface area contributed by atoms with Gasteiger partial charge in [-0.3, -0.25) is 4.79 Å². The lowest BCUT2D eigenvalue weighted by Crippen LogP contribution is -2.13. The SMILES string of the molecule is CC(C)Cn1ncnc1CC(=O)O. The smallest absolute Gasteiger partial charge is 0.311 e. The van der Waals surface area contributed by atoms with Gasteiger partial charge < -0.3 is 5.11 Å². The second kappa shape index (κ2) is 4.02. The Hall–Kier alpha value is -1.39. The van der Waals surface area contributed by atoms with Gasteiger partial charge in [0.2, 0.25) is 0 Å². The van der Waals surface area contributed by atoms with E-state index in [0.717, 1.165) is 0 Å². The summed E-state index contributed by atoms with van der Waals surface area (Å²) in [6.45, 7) is 4.81. The van der Waals surface area contributed by atoms with Gasteiger partial charge in [-0.05, 0) is 5.92 Å². The predicted molar refractivity (Wildman–Crippen MR) is 46.2 cm³/mol. The Bertz CT molecular complexity index is 293. The maximum atomic E-state index is 10.4. The van der Waals surface area contributed by atoms with Gasteiger partial charge in [0.1, 0.15) is 18.6 Å². The maximum absolute atomic E-state index is 10.4. The van der Waals surface area contributed by atoms with Gasteiger partial charge in [-0.25, -0.2) is 9.67 Å². The molecule has 72 valence electrons. The van der Waals surface area contributed by atoms with E-state index in [0.29, 0.717) is 18.3 Å². The molecule has 0 radical (unpaired) electrons. The van der Waals surface area contributed by atoms with Crippen LogP contribution in [-0.2, 0) is 17.8 Å². The molecule has 0 atom stereocenters. The fourth-order valence-electron chi connectivity index (χ4n) is 1.06. The summed E-state index contributed by atoms with van der Waals surface area (Å²) >= 11 is 0. The lowest BCUT2D eigenvalue weighted by Gasteiger charge is -2.06. The first-order valence-electron chi connectivity index (χ1n) is 4.18. The molecule has 1 rings (SSSR count). The van der Waals surface area contributed by atoms with Crippen molar-refractivity contribution in [3.63, 3.8) is 0 Å². The molecule has 0 saturated carbocycles. The van der Waals surface area contributed by atoms with Gasteiger partial charge in [-0.2, -0.15) is 5.10 Å². The monoisotopic (exact) mass is 183 g/mol. The van der Waals surface area contributed by atoms with Gasteiger partial charge in [-0.1, -0.05) is 13.8 Å². The van der Waals surface area contributed by atoms with Crippen LogP contribution < -0.4 is 0 Å². The second-order valence-electron chi connectivity index (χ2n) is 3.32. The van der Waals surface area contributed by atoms with Crippen LogP contribution in [0.3, 0.4) is 0 Å². The molecule has 5 heteroatoms. The van der Waals surface area contributed by atoms with Gasteiger partial charge in [-0.15, -0.1) is 0 Å². The highest BCUT2D eigenvalue weighted by Gasteiger charge is 2.09. The molecule has 0 spiro atoms. The van der Waals surface area contributed by atoms with Crippen molar-refractivity contribution in [2.45, 2.75) is 26.8 Å². The zero-order valence-electron chi connectivity index (χ0n) is 7.77. The molecule has 1 aromatic heterocycles. The van der Waals surface area contributed by atoms with E-state index in [4.69, 9.17) is 5.11 Å². The molecule has 0 aromatic carbocycles. The zero-order chi connectivity index (χ0) is 9.84. The number of aromatic nitrogens is 3. The summed E-state index contributed by atoms with van der Waals surface area (Å²) in [5.41, 5.74) is 0. The Balaban J connectivity index is 2.71. The minimum Gasteiger partial charge on any atom is -0.481 e. The zero-order valence-corrected chi connectivity index (χ0v) is 7.77. The molecule has 0 unspecified atom stereocenters. The Labute approximate surface area is 76.4 Å². The third-order valence-electron chi connectivity index (χ3n) is 1.54. The average molecular weight is 183 g/mol. The standard InChI is InChI=1S/C8H13N3O2/c1-6(2)4-11-7(3-8(12)13)9-5-10-11/h5-6H,3-4H2,1-2H3,(H,12,13). The van der Waals surface area contributed by atoms with Gasteiger partial charge in [0, 0.05) is 6.54 Å². The van der Waals surface area contributed by atoms with Crippen molar-refractivity contribution in [2.75, 3.05) is 0 Å². The Morgan fingerprint density at radius 2 is 2.38 bits per heavy atom. The summed E-state index contributed by atoms with van der Waals surface area (Å²) in [6.07, 6.45) is 1.33. The van der Waals surface area contributed by atoms with Crippen molar-refractivity contribution in [2.24, 2.45) is 5.92 Å². The van der Waals surface area contributed by atoms with Crippen LogP contribution in [0.25, 0.3) is 0 Å². The van der Waals surface area contributed by atoms with Crippen LogP contribution in [0.4, 0.5) is 0 Å². The first kappa shape index (κ1) is 9.70. The van der Waals surface area contributed by atoms with Crippen LogP contribution in [0.2, 0.25) is 0 Å². The van der Waals surface area contributed by atoms with Gasteiger partial charge in [0.05, 0.1) is 0 Å². The Morgan fingerprint density at radius 3 is 2.92 bits per heavy atom. The predicted octanol–water partition coefficient (Wildman–Crippen LogP) is 0.561. The quantitative estimate of drug-likeness (QED) is 0.740. The summed E-state index contributed by atoms with van der Waals surface area (Å²) in [5.74, 6) is 0.0773. The molecular weight excluding hydrogens is 170 g/mol. The first-order chi connectivity index (χ1) is 6.09. The fourth-order valence-corrected chi connectivity index (χ4v) is 1.06. The van der Waals surface area contributed by atoms with E-state index in [9.17, 15) is 4.79 Å². The Morgan fingerprint density at radius 1 is 1.69 bits per heavy atom. The van der Waals surface area contributed by atoms with Crippen LogP contribution in [0, 0.1) is 5.92 Å². The molecule has 5 nitrogen and oxygen atoms in total. The van der Waals surface area contributed by atoms with Crippen LogP contribution in [-0.4, -0.2) is 25.8 Å². The molecule has 0 aliphatic heterocycles. The molecule has 1 N–H and O–H groups in total. The second-order valence-corrected chi connectivity index (χ2v) is 3.32. The summed E-state index contributed by atoms with van der Waals surface area (Å²) in [4.78, 5) is 14.3. The van der Waals surface area contributed by atoms with Gasteiger partial charge in [0.15, 0.2) is 0 Å². The largest absolute Gasteiger partial charge is 0.481 e.